The predicted molar refractivity (Wildman–Crippen MR) is 78.5 cm³/mol. The fourth-order valence-electron chi connectivity index (χ4n) is 1.89. The van der Waals surface area contributed by atoms with E-state index in [1.807, 2.05) is 26.0 Å². The van der Waals surface area contributed by atoms with Gasteiger partial charge in [0.1, 0.15) is 5.75 Å². The summed E-state index contributed by atoms with van der Waals surface area (Å²) in [4.78, 5) is 11.9. The molecule has 0 saturated heterocycles. The molecular weight excluding hydrogens is 238 g/mol. The van der Waals surface area contributed by atoms with Gasteiger partial charge in [0, 0.05) is 6.54 Å². The maximum atomic E-state index is 11.9. The Balaban J connectivity index is 2.49. The van der Waals surface area contributed by atoms with Gasteiger partial charge < -0.3 is 10.1 Å². The first kappa shape index (κ1) is 15.5. The highest BCUT2D eigenvalue weighted by Crippen LogP contribution is 2.17. The second-order valence-corrected chi connectivity index (χ2v) is 5.56. The molecule has 1 N–H and O–H groups in total. The molecule has 3 heteroatoms. The molecule has 1 aromatic carbocycles. The number of benzene rings is 1. The standard InChI is InChI=1S/C16H25NO2/c1-11(2)6-7-17-16(18)14(5)19-15-9-12(3)8-13(4)10-15/h8-11,14H,6-7H2,1-5H3,(H,17,18)/t14-/m0/s1. The molecule has 1 amide bonds. The molecule has 0 radical (unpaired) electrons. The Bertz CT molecular complexity index is 407. The van der Waals surface area contributed by atoms with Crippen LogP contribution in [0, 0.1) is 19.8 Å². The molecule has 0 spiro atoms. The summed E-state index contributed by atoms with van der Waals surface area (Å²) >= 11 is 0. The quantitative estimate of drug-likeness (QED) is 0.855. The van der Waals surface area contributed by atoms with Gasteiger partial charge >= 0.3 is 0 Å². The van der Waals surface area contributed by atoms with Gasteiger partial charge in [-0.1, -0.05) is 19.9 Å². The van der Waals surface area contributed by atoms with E-state index in [9.17, 15) is 4.79 Å². The minimum atomic E-state index is -0.464. The lowest BCUT2D eigenvalue weighted by molar-refractivity contribution is -0.127. The van der Waals surface area contributed by atoms with Gasteiger partial charge in [0.25, 0.3) is 5.91 Å². The second-order valence-electron chi connectivity index (χ2n) is 5.56. The van der Waals surface area contributed by atoms with Crippen molar-refractivity contribution in [3.63, 3.8) is 0 Å². The number of aryl methyl sites for hydroxylation is 2. The highest BCUT2D eigenvalue weighted by Gasteiger charge is 2.14. The van der Waals surface area contributed by atoms with E-state index >= 15 is 0 Å². The van der Waals surface area contributed by atoms with Gasteiger partial charge in [-0.25, -0.2) is 0 Å². The molecule has 0 fully saturated rings. The average molecular weight is 263 g/mol. The molecular formula is C16H25NO2. The van der Waals surface area contributed by atoms with E-state index in [2.05, 4.69) is 25.2 Å². The van der Waals surface area contributed by atoms with Crippen molar-refractivity contribution in [1.82, 2.24) is 5.32 Å². The van der Waals surface area contributed by atoms with E-state index in [1.54, 1.807) is 6.92 Å². The molecule has 0 heterocycles. The first-order chi connectivity index (χ1) is 8.88. The molecule has 0 aliphatic rings. The molecule has 1 aromatic rings. The lowest BCUT2D eigenvalue weighted by Crippen LogP contribution is -2.37. The van der Waals surface area contributed by atoms with Crippen molar-refractivity contribution in [1.29, 1.82) is 0 Å². The van der Waals surface area contributed by atoms with Crippen LogP contribution in [0.1, 0.15) is 38.3 Å². The fraction of sp³-hybridized carbons (Fsp3) is 0.562. The van der Waals surface area contributed by atoms with E-state index < -0.39 is 6.10 Å². The van der Waals surface area contributed by atoms with Crippen molar-refractivity contribution in [2.75, 3.05) is 6.54 Å². The van der Waals surface area contributed by atoms with Crippen molar-refractivity contribution in [3.8, 4) is 5.75 Å². The number of hydrogen-bond acceptors (Lipinski definition) is 2. The first-order valence-electron chi connectivity index (χ1n) is 6.91. The van der Waals surface area contributed by atoms with Gasteiger partial charge in [-0.3, -0.25) is 4.79 Å². The number of carbonyl (C=O) groups is 1. The van der Waals surface area contributed by atoms with Gasteiger partial charge in [0.05, 0.1) is 0 Å². The zero-order valence-electron chi connectivity index (χ0n) is 12.6. The zero-order chi connectivity index (χ0) is 14.4. The van der Waals surface area contributed by atoms with E-state index in [4.69, 9.17) is 4.74 Å². The molecule has 0 aliphatic carbocycles. The molecule has 1 atom stereocenters. The largest absolute Gasteiger partial charge is 0.481 e. The van der Waals surface area contributed by atoms with Crippen LogP contribution < -0.4 is 10.1 Å². The number of ether oxygens (including phenoxy) is 1. The average Bonchev–Trinajstić information content (AvgIpc) is 2.26. The lowest BCUT2D eigenvalue weighted by atomic mass is 10.1. The van der Waals surface area contributed by atoms with Crippen LogP contribution in [0.3, 0.4) is 0 Å². The molecule has 0 aliphatic heterocycles. The molecule has 3 nitrogen and oxygen atoms in total. The highest BCUT2D eigenvalue weighted by atomic mass is 16.5. The van der Waals surface area contributed by atoms with Crippen LogP contribution in [0.5, 0.6) is 5.75 Å². The number of nitrogens with one attached hydrogen (secondary N) is 1. The molecule has 106 valence electrons. The Morgan fingerprint density at radius 2 is 1.74 bits per heavy atom. The molecule has 0 bridgehead atoms. The Morgan fingerprint density at radius 3 is 2.26 bits per heavy atom. The maximum absolute atomic E-state index is 11.9. The summed E-state index contributed by atoms with van der Waals surface area (Å²) in [5.41, 5.74) is 2.28. The second kappa shape index (κ2) is 7.17. The van der Waals surface area contributed by atoms with E-state index in [0.717, 1.165) is 23.3 Å². The smallest absolute Gasteiger partial charge is 0.260 e. The summed E-state index contributed by atoms with van der Waals surface area (Å²) in [5, 5.41) is 2.90. The van der Waals surface area contributed by atoms with Crippen LogP contribution in [0.4, 0.5) is 0 Å². The van der Waals surface area contributed by atoms with Gasteiger partial charge in [-0.05, 0) is 56.4 Å². The molecule has 19 heavy (non-hydrogen) atoms. The molecule has 1 rings (SSSR count). The van der Waals surface area contributed by atoms with Gasteiger partial charge in [-0.15, -0.1) is 0 Å². The fourth-order valence-corrected chi connectivity index (χ4v) is 1.89. The Labute approximate surface area is 116 Å². The van der Waals surface area contributed by atoms with E-state index in [-0.39, 0.29) is 5.91 Å². The first-order valence-corrected chi connectivity index (χ1v) is 6.91. The third-order valence-corrected chi connectivity index (χ3v) is 2.90. The van der Waals surface area contributed by atoms with Crippen LogP contribution in [0.25, 0.3) is 0 Å². The predicted octanol–water partition coefficient (Wildman–Crippen LogP) is 3.23. The third-order valence-electron chi connectivity index (χ3n) is 2.90. The molecule has 0 saturated carbocycles. The highest BCUT2D eigenvalue weighted by molar-refractivity contribution is 5.80. The van der Waals surface area contributed by atoms with Crippen LogP contribution in [-0.4, -0.2) is 18.6 Å². The SMILES string of the molecule is Cc1cc(C)cc(O[C@@H](C)C(=O)NCCC(C)C)c1. The van der Waals surface area contributed by atoms with Gasteiger partial charge in [-0.2, -0.15) is 0 Å². The van der Waals surface area contributed by atoms with Crippen molar-refractivity contribution in [2.24, 2.45) is 5.92 Å². The van der Waals surface area contributed by atoms with Crippen LogP contribution >= 0.6 is 0 Å². The normalized spacial score (nSPS) is 12.3. The number of amides is 1. The number of hydrogen-bond donors (Lipinski definition) is 1. The van der Waals surface area contributed by atoms with Gasteiger partial charge in [0.2, 0.25) is 0 Å². The van der Waals surface area contributed by atoms with E-state index in [0.29, 0.717) is 12.5 Å². The minimum absolute atomic E-state index is 0.0557. The summed E-state index contributed by atoms with van der Waals surface area (Å²) in [5.74, 6) is 1.29. The van der Waals surface area contributed by atoms with Crippen LogP contribution in [0.15, 0.2) is 18.2 Å². The summed E-state index contributed by atoms with van der Waals surface area (Å²) in [6, 6.07) is 5.98. The van der Waals surface area contributed by atoms with Crippen LogP contribution in [-0.2, 0) is 4.79 Å². The minimum Gasteiger partial charge on any atom is -0.481 e. The number of rotatable bonds is 6. The summed E-state index contributed by atoms with van der Waals surface area (Å²) in [6.07, 6.45) is 0.524. The van der Waals surface area contributed by atoms with Crippen LogP contribution in [0.2, 0.25) is 0 Å². The monoisotopic (exact) mass is 263 g/mol. The van der Waals surface area contributed by atoms with Crippen molar-refractivity contribution in [3.05, 3.63) is 29.3 Å². The number of carbonyl (C=O) groups excluding carboxylic acids is 1. The van der Waals surface area contributed by atoms with Gasteiger partial charge in [0.15, 0.2) is 6.10 Å². The van der Waals surface area contributed by atoms with Crippen molar-refractivity contribution in [2.45, 2.75) is 47.1 Å². The summed E-state index contributed by atoms with van der Waals surface area (Å²) in [7, 11) is 0. The third kappa shape index (κ3) is 5.77. The van der Waals surface area contributed by atoms with E-state index in [1.165, 1.54) is 0 Å². The van der Waals surface area contributed by atoms with Crippen molar-refractivity contribution < 1.29 is 9.53 Å². The molecule has 0 aromatic heterocycles. The summed E-state index contributed by atoms with van der Waals surface area (Å²) in [6.45, 7) is 10.8. The Hall–Kier alpha value is -1.51. The molecule has 0 unspecified atom stereocenters. The lowest BCUT2D eigenvalue weighted by Gasteiger charge is -2.16. The Kier molecular flexibility index (Phi) is 5.87. The summed E-state index contributed by atoms with van der Waals surface area (Å²) < 4.78 is 5.68. The zero-order valence-corrected chi connectivity index (χ0v) is 12.6. The Morgan fingerprint density at radius 1 is 1.16 bits per heavy atom. The maximum Gasteiger partial charge on any atom is 0.260 e. The van der Waals surface area contributed by atoms with Crippen molar-refractivity contribution >= 4 is 5.91 Å². The topological polar surface area (TPSA) is 38.3 Å².